The van der Waals surface area contributed by atoms with Crippen molar-refractivity contribution in [3.8, 4) is 0 Å². The molecule has 1 nitrogen and oxygen atoms in total. The zero-order chi connectivity index (χ0) is 10.6. The molecule has 0 heterocycles. The summed E-state index contributed by atoms with van der Waals surface area (Å²) in [4.78, 5) is 2.40. The van der Waals surface area contributed by atoms with Crippen LogP contribution in [-0.4, -0.2) is 18.0 Å². The average molecular weight is 196 g/mol. The highest BCUT2D eigenvalue weighted by Crippen LogP contribution is 2.04. The Kier molecular flexibility index (Phi) is 10.5. The van der Waals surface area contributed by atoms with Crippen LogP contribution in [0.15, 0.2) is 12.7 Å². The molecule has 0 aliphatic heterocycles. The van der Waals surface area contributed by atoms with Crippen LogP contribution < -0.4 is 0 Å². The number of unbranched alkanes of at least 4 members (excludes halogenated alkanes) is 4. The molecule has 0 saturated carbocycles. The Hall–Kier alpha value is -0.300. The summed E-state index contributed by atoms with van der Waals surface area (Å²) in [7, 11) is 0. The summed E-state index contributed by atoms with van der Waals surface area (Å²) in [6, 6.07) is 0. The molecule has 14 heavy (non-hydrogen) atoms. The Bertz CT molecular complexity index is 110. The van der Waals surface area contributed by atoms with E-state index in [-0.39, 0.29) is 0 Å². The summed E-state index contributed by atoms with van der Waals surface area (Å²) in [6.07, 6.45) is 9.82. The van der Waals surface area contributed by atoms with Gasteiger partial charge in [0, 0.05) is 6.54 Å². The van der Waals surface area contributed by atoms with E-state index >= 15 is 0 Å². The number of hydrogen-bond acceptors (Lipinski definition) is 1. The summed E-state index contributed by atoms with van der Waals surface area (Å²) in [5.74, 6) is 0. The first-order valence-corrected chi connectivity index (χ1v) is 6.05. The molecule has 0 atom stereocenters. The number of hydrogen-bond donors (Lipinski definition) is 0. The molecule has 0 fully saturated rings. The SMILES string of the molecule is C=C[CH]N(CCCCC)CCCCC. The maximum atomic E-state index is 3.76. The lowest BCUT2D eigenvalue weighted by molar-refractivity contribution is 0.329. The fourth-order valence-electron chi connectivity index (χ4n) is 1.54. The van der Waals surface area contributed by atoms with E-state index in [2.05, 4.69) is 31.9 Å². The van der Waals surface area contributed by atoms with Crippen molar-refractivity contribution in [1.29, 1.82) is 0 Å². The van der Waals surface area contributed by atoms with Gasteiger partial charge in [-0.15, -0.1) is 6.58 Å². The predicted molar refractivity (Wildman–Crippen MR) is 65.1 cm³/mol. The standard InChI is InChI=1S/C13H26N/c1-4-7-9-12-14(11-6-3)13-10-8-5-2/h6,11H,3-5,7-10,12-13H2,1-2H3. The van der Waals surface area contributed by atoms with Crippen LogP contribution in [-0.2, 0) is 0 Å². The molecule has 0 unspecified atom stereocenters. The molecule has 0 rings (SSSR count). The van der Waals surface area contributed by atoms with Gasteiger partial charge in [0.2, 0.25) is 0 Å². The fraction of sp³-hybridized carbons (Fsp3) is 0.769. The summed E-state index contributed by atoms with van der Waals surface area (Å²) >= 11 is 0. The Morgan fingerprint density at radius 1 is 0.929 bits per heavy atom. The van der Waals surface area contributed by atoms with E-state index in [1.165, 1.54) is 51.6 Å². The zero-order valence-electron chi connectivity index (χ0n) is 9.97. The second kappa shape index (κ2) is 10.8. The van der Waals surface area contributed by atoms with E-state index in [0.29, 0.717) is 0 Å². The molecule has 83 valence electrons. The van der Waals surface area contributed by atoms with Gasteiger partial charge in [-0.05, 0) is 25.9 Å². The Morgan fingerprint density at radius 3 is 1.79 bits per heavy atom. The third-order valence-electron chi connectivity index (χ3n) is 2.41. The van der Waals surface area contributed by atoms with E-state index in [1.807, 2.05) is 6.08 Å². The minimum Gasteiger partial charge on any atom is -0.295 e. The predicted octanol–water partition coefficient (Wildman–Crippen LogP) is 4.02. The molecule has 0 aliphatic carbocycles. The second-order valence-corrected chi connectivity index (χ2v) is 3.83. The van der Waals surface area contributed by atoms with E-state index < -0.39 is 0 Å². The van der Waals surface area contributed by atoms with Crippen molar-refractivity contribution in [1.82, 2.24) is 4.90 Å². The van der Waals surface area contributed by atoms with Crippen LogP contribution in [0.3, 0.4) is 0 Å². The topological polar surface area (TPSA) is 3.24 Å². The number of rotatable bonds is 10. The van der Waals surface area contributed by atoms with Gasteiger partial charge >= 0.3 is 0 Å². The van der Waals surface area contributed by atoms with Crippen molar-refractivity contribution in [2.75, 3.05) is 13.1 Å². The highest BCUT2D eigenvalue weighted by atomic mass is 15.1. The summed E-state index contributed by atoms with van der Waals surface area (Å²) in [6.45, 7) is 12.8. The van der Waals surface area contributed by atoms with Crippen molar-refractivity contribution in [2.45, 2.75) is 52.4 Å². The van der Waals surface area contributed by atoms with Crippen molar-refractivity contribution >= 4 is 0 Å². The highest BCUT2D eigenvalue weighted by Gasteiger charge is 2.01. The average Bonchev–Trinajstić information content (AvgIpc) is 2.18. The molecule has 0 spiro atoms. The minimum atomic E-state index is 1.20. The quantitative estimate of drug-likeness (QED) is 0.477. The molecular formula is C13H26N. The van der Waals surface area contributed by atoms with Gasteiger partial charge in [0.25, 0.3) is 0 Å². The van der Waals surface area contributed by atoms with Crippen LogP contribution in [0, 0.1) is 6.54 Å². The van der Waals surface area contributed by atoms with Crippen LogP contribution in [0.5, 0.6) is 0 Å². The first-order chi connectivity index (χ1) is 6.85. The van der Waals surface area contributed by atoms with Crippen LogP contribution in [0.25, 0.3) is 0 Å². The van der Waals surface area contributed by atoms with Crippen molar-refractivity contribution in [2.24, 2.45) is 0 Å². The normalized spacial score (nSPS) is 10.8. The Morgan fingerprint density at radius 2 is 1.43 bits per heavy atom. The molecule has 0 aromatic rings. The van der Waals surface area contributed by atoms with Gasteiger partial charge in [0.15, 0.2) is 0 Å². The zero-order valence-corrected chi connectivity index (χ0v) is 9.97. The van der Waals surface area contributed by atoms with Gasteiger partial charge in [-0.2, -0.15) is 0 Å². The molecule has 0 amide bonds. The third-order valence-corrected chi connectivity index (χ3v) is 2.41. The molecule has 1 heteroatoms. The summed E-state index contributed by atoms with van der Waals surface area (Å²) in [5, 5.41) is 0. The number of nitrogens with zero attached hydrogens (tertiary/aromatic N) is 1. The second-order valence-electron chi connectivity index (χ2n) is 3.83. The van der Waals surface area contributed by atoms with Gasteiger partial charge in [0.05, 0.1) is 0 Å². The molecule has 1 radical (unpaired) electrons. The van der Waals surface area contributed by atoms with Gasteiger partial charge in [0.1, 0.15) is 0 Å². The van der Waals surface area contributed by atoms with Crippen LogP contribution >= 0.6 is 0 Å². The Labute approximate surface area is 90.2 Å². The molecular weight excluding hydrogens is 170 g/mol. The van der Waals surface area contributed by atoms with Crippen molar-refractivity contribution in [3.05, 3.63) is 19.2 Å². The first kappa shape index (κ1) is 13.7. The van der Waals surface area contributed by atoms with Crippen LogP contribution in [0.1, 0.15) is 52.4 Å². The van der Waals surface area contributed by atoms with Crippen LogP contribution in [0.4, 0.5) is 0 Å². The summed E-state index contributed by atoms with van der Waals surface area (Å²) in [5.41, 5.74) is 0. The van der Waals surface area contributed by atoms with E-state index in [4.69, 9.17) is 0 Å². The monoisotopic (exact) mass is 196 g/mol. The largest absolute Gasteiger partial charge is 0.295 e. The lowest BCUT2D eigenvalue weighted by Gasteiger charge is -2.19. The molecule has 0 saturated heterocycles. The Balaban J connectivity index is 3.49. The molecule has 0 aromatic carbocycles. The molecule has 0 N–H and O–H groups in total. The van der Waals surface area contributed by atoms with Gasteiger partial charge in [-0.1, -0.05) is 45.6 Å². The fourth-order valence-corrected chi connectivity index (χ4v) is 1.54. The third kappa shape index (κ3) is 8.31. The van der Waals surface area contributed by atoms with Gasteiger partial charge < -0.3 is 0 Å². The molecule has 0 aliphatic rings. The molecule has 0 bridgehead atoms. The van der Waals surface area contributed by atoms with E-state index in [1.54, 1.807) is 0 Å². The van der Waals surface area contributed by atoms with Gasteiger partial charge in [-0.3, -0.25) is 4.90 Å². The highest BCUT2D eigenvalue weighted by molar-refractivity contribution is 4.86. The van der Waals surface area contributed by atoms with Gasteiger partial charge in [-0.25, -0.2) is 0 Å². The van der Waals surface area contributed by atoms with E-state index in [9.17, 15) is 0 Å². The van der Waals surface area contributed by atoms with E-state index in [0.717, 1.165) is 0 Å². The van der Waals surface area contributed by atoms with Crippen molar-refractivity contribution < 1.29 is 0 Å². The lowest BCUT2D eigenvalue weighted by Crippen LogP contribution is -2.22. The van der Waals surface area contributed by atoms with Crippen molar-refractivity contribution in [3.63, 3.8) is 0 Å². The van der Waals surface area contributed by atoms with Crippen LogP contribution in [0.2, 0.25) is 0 Å². The maximum Gasteiger partial charge on any atom is 0.0467 e. The smallest absolute Gasteiger partial charge is 0.0467 e. The minimum absolute atomic E-state index is 1.20. The lowest BCUT2D eigenvalue weighted by atomic mass is 10.2. The first-order valence-electron chi connectivity index (χ1n) is 6.05. The summed E-state index contributed by atoms with van der Waals surface area (Å²) < 4.78 is 0. The molecule has 0 aromatic heterocycles. The maximum absolute atomic E-state index is 3.76.